The predicted octanol–water partition coefficient (Wildman–Crippen LogP) is 9.66. The quantitative estimate of drug-likeness (QED) is 0.228. The summed E-state index contributed by atoms with van der Waals surface area (Å²) in [5.41, 5.74) is 5.94. The van der Waals surface area contributed by atoms with Crippen LogP contribution >= 0.6 is 11.3 Å². The fraction of sp³-hybridized carbons (Fsp3) is 0. The second-order valence-electron chi connectivity index (χ2n) is 9.49. The lowest BCUT2D eigenvalue weighted by atomic mass is 10.1. The van der Waals surface area contributed by atoms with Crippen LogP contribution in [0.2, 0.25) is 0 Å². The Morgan fingerprint density at radius 1 is 0.459 bits per heavy atom. The molecule has 0 aliphatic carbocycles. The maximum absolute atomic E-state index is 2.37. The molecule has 0 spiro atoms. The van der Waals surface area contributed by atoms with E-state index in [0.29, 0.717) is 0 Å². The van der Waals surface area contributed by atoms with Crippen molar-refractivity contribution in [3.63, 3.8) is 0 Å². The first kappa shape index (κ1) is 20.6. The van der Waals surface area contributed by atoms with E-state index in [9.17, 15) is 0 Å². The van der Waals surface area contributed by atoms with E-state index >= 15 is 0 Å². The molecule has 8 rings (SSSR count). The topological polar surface area (TPSA) is 9.86 Å². The van der Waals surface area contributed by atoms with Gasteiger partial charge < -0.3 is 9.13 Å². The SMILES string of the molecule is c1ccc2c(c1)c1ccccc1n2-c1ccc(-n2ccc3ccsc3c3ccc4cccc2c4c3)cc1. The van der Waals surface area contributed by atoms with Gasteiger partial charge in [0.2, 0.25) is 0 Å². The second-order valence-corrected chi connectivity index (χ2v) is 10.4. The van der Waals surface area contributed by atoms with Gasteiger partial charge in [0.1, 0.15) is 0 Å². The van der Waals surface area contributed by atoms with Crippen LogP contribution in [-0.4, -0.2) is 9.13 Å². The van der Waals surface area contributed by atoms with Crippen LogP contribution in [0.15, 0.2) is 133 Å². The normalized spacial score (nSPS) is 11.8. The molecule has 37 heavy (non-hydrogen) atoms. The molecule has 5 aromatic carbocycles. The number of fused-ring (bicyclic) bond motifs is 6. The highest BCUT2D eigenvalue weighted by Gasteiger charge is 2.12. The van der Waals surface area contributed by atoms with Gasteiger partial charge in [-0.05, 0) is 82.2 Å². The van der Waals surface area contributed by atoms with Crippen molar-refractivity contribution in [3.05, 3.63) is 133 Å². The average molecular weight is 491 g/mol. The van der Waals surface area contributed by atoms with Crippen molar-refractivity contribution < 1.29 is 0 Å². The maximum atomic E-state index is 2.37. The van der Waals surface area contributed by atoms with Crippen molar-refractivity contribution >= 4 is 64.9 Å². The van der Waals surface area contributed by atoms with Gasteiger partial charge in [-0.3, -0.25) is 0 Å². The van der Waals surface area contributed by atoms with Gasteiger partial charge >= 0.3 is 0 Å². The third kappa shape index (κ3) is 3.11. The minimum atomic E-state index is 1.14. The van der Waals surface area contributed by atoms with E-state index in [1.807, 2.05) is 0 Å². The third-order valence-corrected chi connectivity index (χ3v) is 8.43. The molecular weight excluding hydrogens is 468 g/mol. The Bertz CT molecular complexity index is 2090. The van der Waals surface area contributed by atoms with E-state index in [2.05, 4.69) is 142 Å². The molecule has 0 saturated carbocycles. The summed E-state index contributed by atoms with van der Waals surface area (Å²) in [6.45, 7) is 0. The van der Waals surface area contributed by atoms with Crippen molar-refractivity contribution in [2.45, 2.75) is 0 Å². The van der Waals surface area contributed by atoms with Crippen molar-refractivity contribution in [3.8, 4) is 11.4 Å². The molecule has 0 radical (unpaired) electrons. The lowest BCUT2D eigenvalue weighted by molar-refractivity contribution is 1.10. The van der Waals surface area contributed by atoms with Gasteiger partial charge in [0, 0.05) is 38.4 Å². The highest BCUT2D eigenvalue weighted by Crippen LogP contribution is 2.33. The van der Waals surface area contributed by atoms with Crippen molar-refractivity contribution in [2.24, 2.45) is 0 Å². The van der Waals surface area contributed by atoms with E-state index in [1.165, 1.54) is 53.6 Å². The molecule has 0 amide bonds. The number of thiophene rings is 1. The van der Waals surface area contributed by atoms with Crippen LogP contribution in [-0.2, 0) is 0 Å². The van der Waals surface area contributed by atoms with E-state index in [-0.39, 0.29) is 0 Å². The number of hydrogen-bond acceptors (Lipinski definition) is 1. The molecule has 2 nitrogen and oxygen atoms in total. The molecule has 0 saturated heterocycles. The van der Waals surface area contributed by atoms with Crippen LogP contribution < -0.4 is 0 Å². The summed E-state index contributed by atoms with van der Waals surface area (Å²) in [6.07, 6.45) is 2.21. The smallest absolute Gasteiger partial charge is 0.0541 e. The minimum Gasteiger partial charge on any atom is -0.317 e. The van der Waals surface area contributed by atoms with E-state index in [4.69, 9.17) is 0 Å². The average Bonchev–Trinajstić information content (AvgIpc) is 3.56. The Balaban J connectivity index is 1.38. The highest BCUT2D eigenvalue weighted by atomic mass is 32.1. The zero-order valence-electron chi connectivity index (χ0n) is 20.0. The van der Waals surface area contributed by atoms with Crippen LogP contribution in [0.3, 0.4) is 0 Å². The Labute approximate surface area is 217 Å². The van der Waals surface area contributed by atoms with E-state index in [1.54, 1.807) is 11.3 Å². The first-order chi connectivity index (χ1) is 18.3. The summed E-state index contributed by atoms with van der Waals surface area (Å²) in [5.74, 6) is 0. The highest BCUT2D eigenvalue weighted by molar-refractivity contribution is 7.18. The van der Waals surface area contributed by atoms with Gasteiger partial charge in [0.05, 0.1) is 16.6 Å². The van der Waals surface area contributed by atoms with Crippen molar-refractivity contribution in [2.75, 3.05) is 0 Å². The molecule has 3 heterocycles. The fourth-order valence-electron chi connectivity index (χ4n) is 5.72. The van der Waals surface area contributed by atoms with E-state index in [0.717, 1.165) is 11.4 Å². The Hall–Kier alpha value is -4.60. The Morgan fingerprint density at radius 2 is 1.14 bits per heavy atom. The number of nitrogens with zero attached hydrogens (tertiary/aromatic N) is 2. The first-order valence-corrected chi connectivity index (χ1v) is 13.4. The number of aromatic nitrogens is 2. The van der Waals surface area contributed by atoms with Crippen LogP contribution in [0, 0.1) is 0 Å². The summed E-state index contributed by atoms with van der Waals surface area (Å²) in [4.78, 5) is 0. The zero-order chi connectivity index (χ0) is 24.3. The molecule has 2 bridgehead atoms. The van der Waals surface area contributed by atoms with Crippen LogP contribution in [0.1, 0.15) is 0 Å². The summed E-state index contributed by atoms with van der Waals surface area (Å²) < 4.78 is 6.00. The molecular formula is C34H22N2S. The van der Waals surface area contributed by atoms with Gasteiger partial charge in [-0.2, -0.15) is 0 Å². The largest absolute Gasteiger partial charge is 0.317 e. The minimum absolute atomic E-state index is 1.14. The molecule has 0 N–H and O–H groups in total. The molecule has 3 aromatic heterocycles. The zero-order valence-corrected chi connectivity index (χ0v) is 20.8. The van der Waals surface area contributed by atoms with Crippen molar-refractivity contribution in [1.29, 1.82) is 0 Å². The monoisotopic (exact) mass is 490 g/mol. The lowest BCUT2D eigenvalue weighted by Gasteiger charge is -2.13. The Morgan fingerprint density at radius 3 is 1.92 bits per heavy atom. The molecule has 0 aliphatic rings. The predicted molar refractivity (Wildman–Crippen MR) is 159 cm³/mol. The summed E-state index contributed by atoms with van der Waals surface area (Å²) in [7, 11) is 0. The van der Waals surface area contributed by atoms with Crippen molar-refractivity contribution in [1.82, 2.24) is 9.13 Å². The molecule has 0 atom stereocenters. The maximum Gasteiger partial charge on any atom is 0.0541 e. The molecule has 174 valence electrons. The molecule has 8 aromatic rings. The molecule has 0 fully saturated rings. The number of benzene rings is 5. The van der Waals surface area contributed by atoms with Gasteiger partial charge in [-0.15, -0.1) is 11.3 Å². The van der Waals surface area contributed by atoms with Crippen LogP contribution in [0.4, 0.5) is 0 Å². The lowest BCUT2D eigenvalue weighted by Crippen LogP contribution is -1.97. The number of hydrogen-bond donors (Lipinski definition) is 0. The summed E-state index contributed by atoms with van der Waals surface area (Å²) in [6, 6.07) is 44.1. The molecule has 0 unspecified atom stereocenters. The molecule has 0 aliphatic heterocycles. The van der Waals surface area contributed by atoms with Gasteiger partial charge in [0.25, 0.3) is 0 Å². The second kappa shape index (κ2) is 7.95. The van der Waals surface area contributed by atoms with Gasteiger partial charge in [0.15, 0.2) is 0 Å². The fourth-order valence-corrected chi connectivity index (χ4v) is 6.60. The molecule has 3 heteroatoms. The first-order valence-electron chi connectivity index (χ1n) is 12.5. The summed E-state index contributed by atoms with van der Waals surface area (Å²) in [5, 5.41) is 9.78. The summed E-state index contributed by atoms with van der Waals surface area (Å²) >= 11 is 1.80. The van der Waals surface area contributed by atoms with Gasteiger partial charge in [-0.1, -0.05) is 60.7 Å². The standard InChI is InChI=1S/C34H22N2S/c1-3-9-32-28(7-1)29-8-2-4-10-33(29)36(32)27-16-14-26(15-17-27)35-20-18-24-19-21-37-34(24)25-13-12-23-6-5-11-31(35)30(23)22-25/h1-22H. The number of rotatable bonds is 2. The van der Waals surface area contributed by atoms with E-state index < -0.39 is 0 Å². The third-order valence-electron chi connectivity index (χ3n) is 7.45. The van der Waals surface area contributed by atoms with Crippen LogP contribution in [0.25, 0.3) is 64.9 Å². The number of para-hydroxylation sites is 2. The van der Waals surface area contributed by atoms with Gasteiger partial charge in [-0.25, -0.2) is 0 Å². The van der Waals surface area contributed by atoms with Crippen LogP contribution in [0.5, 0.6) is 0 Å². The Kier molecular flexibility index (Phi) is 4.42.